The van der Waals surface area contributed by atoms with Crippen molar-refractivity contribution in [2.75, 3.05) is 12.4 Å². The van der Waals surface area contributed by atoms with Crippen molar-refractivity contribution in [2.24, 2.45) is 0 Å². The van der Waals surface area contributed by atoms with Crippen molar-refractivity contribution in [1.82, 2.24) is 5.32 Å². The van der Waals surface area contributed by atoms with E-state index in [1.54, 1.807) is 12.1 Å². The van der Waals surface area contributed by atoms with Crippen molar-refractivity contribution in [3.63, 3.8) is 0 Å². The van der Waals surface area contributed by atoms with Crippen LogP contribution in [0.2, 0.25) is 5.02 Å². The van der Waals surface area contributed by atoms with E-state index in [-0.39, 0.29) is 19.3 Å². The Hall–Kier alpha value is -2.28. The summed E-state index contributed by atoms with van der Waals surface area (Å²) >= 11 is 5.90. The van der Waals surface area contributed by atoms with Gasteiger partial charge in [-0.1, -0.05) is 11.6 Å². The zero-order valence-corrected chi connectivity index (χ0v) is 12.1. The lowest BCUT2D eigenvalue weighted by molar-refractivity contribution is -0.137. The summed E-state index contributed by atoms with van der Waals surface area (Å²) in [6.07, 6.45) is -0.0172. The second kappa shape index (κ2) is 8.11. The number of methoxy groups -OCH3 is 1. The lowest BCUT2D eigenvalue weighted by atomic mass is 10.2. The smallest absolute Gasteiger partial charge is 0.325 e. The Bertz CT molecular complexity index is 547. The number of anilines is 1. The van der Waals surface area contributed by atoms with E-state index in [1.165, 1.54) is 13.2 Å². The number of hydrogen-bond donors (Lipinski definition) is 3. The van der Waals surface area contributed by atoms with Crippen LogP contribution in [0.15, 0.2) is 18.2 Å². The van der Waals surface area contributed by atoms with Gasteiger partial charge in [-0.3, -0.25) is 14.9 Å². The number of ether oxygens (including phenoxy) is 1. The van der Waals surface area contributed by atoms with Crippen LogP contribution in [0.5, 0.6) is 5.75 Å². The van der Waals surface area contributed by atoms with Gasteiger partial charge >= 0.3 is 12.0 Å². The summed E-state index contributed by atoms with van der Waals surface area (Å²) in [6, 6.07) is 3.94. The van der Waals surface area contributed by atoms with Crippen molar-refractivity contribution >= 4 is 35.2 Å². The number of amides is 3. The molecule has 0 saturated carbocycles. The molecule has 1 aromatic rings. The van der Waals surface area contributed by atoms with E-state index in [4.69, 9.17) is 21.4 Å². The summed E-state index contributed by atoms with van der Waals surface area (Å²) in [5, 5.41) is 13.2. The third kappa shape index (κ3) is 6.13. The lowest BCUT2D eigenvalue weighted by Crippen LogP contribution is -2.34. The minimum atomic E-state index is -0.990. The number of hydrogen-bond acceptors (Lipinski definition) is 4. The predicted molar refractivity (Wildman–Crippen MR) is 76.7 cm³/mol. The molecule has 0 aromatic heterocycles. The Morgan fingerprint density at radius 2 is 2.00 bits per heavy atom. The van der Waals surface area contributed by atoms with Gasteiger partial charge in [0.05, 0.1) is 17.8 Å². The second-order valence-corrected chi connectivity index (χ2v) is 4.50. The van der Waals surface area contributed by atoms with Crippen molar-refractivity contribution < 1.29 is 24.2 Å². The number of carboxylic acid groups (broad SMARTS) is 1. The van der Waals surface area contributed by atoms with Gasteiger partial charge in [-0.25, -0.2) is 4.79 Å². The van der Waals surface area contributed by atoms with Gasteiger partial charge < -0.3 is 15.2 Å². The number of carboxylic acids is 1. The summed E-state index contributed by atoms with van der Waals surface area (Å²) in [4.78, 5) is 33.3. The average Bonchev–Trinajstić information content (AvgIpc) is 2.40. The Morgan fingerprint density at radius 1 is 1.29 bits per heavy atom. The molecule has 0 heterocycles. The quantitative estimate of drug-likeness (QED) is 0.747. The molecule has 8 heteroatoms. The summed E-state index contributed by atoms with van der Waals surface area (Å²) in [5.41, 5.74) is 0.298. The number of nitrogens with one attached hydrogen (secondary N) is 2. The Labute approximate surface area is 126 Å². The maximum atomic E-state index is 11.6. The highest BCUT2D eigenvalue weighted by atomic mass is 35.5. The molecule has 114 valence electrons. The molecule has 0 aliphatic carbocycles. The van der Waals surface area contributed by atoms with Crippen LogP contribution >= 0.6 is 11.6 Å². The van der Waals surface area contributed by atoms with Crippen LogP contribution < -0.4 is 15.4 Å². The van der Waals surface area contributed by atoms with Gasteiger partial charge in [0.2, 0.25) is 5.91 Å². The molecule has 0 bridgehead atoms. The number of benzene rings is 1. The van der Waals surface area contributed by atoms with Crippen molar-refractivity contribution in [3.8, 4) is 5.75 Å². The van der Waals surface area contributed by atoms with Crippen molar-refractivity contribution in [1.29, 1.82) is 0 Å². The van der Waals surface area contributed by atoms with E-state index in [0.29, 0.717) is 16.5 Å². The van der Waals surface area contributed by atoms with Gasteiger partial charge in [-0.05, 0) is 18.6 Å². The first-order chi connectivity index (χ1) is 9.92. The molecular formula is C13H15ClN2O5. The normalized spacial score (nSPS) is 9.81. The molecular weight excluding hydrogens is 300 g/mol. The van der Waals surface area contributed by atoms with Gasteiger partial charge in [-0.15, -0.1) is 0 Å². The number of carbonyl (C=O) groups excluding carboxylic acids is 2. The van der Waals surface area contributed by atoms with Crippen LogP contribution in [0.4, 0.5) is 10.5 Å². The zero-order valence-electron chi connectivity index (χ0n) is 11.3. The zero-order chi connectivity index (χ0) is 15.8. The standard InChI is InChI=1S/C13H15ClN2O5/c1-21-8-5-6-9(14)10(7-8)15-13(20)16-11(17)3-2-4-12(18)19/h5-7H,2-4H2,1H3,(H,18,19)(H2,15,16,17,20). The monoisotopic (exact) mass is 314 g/mol. The number of imide groups is 1. The first-order valence-corrected chi connectivity index (χ1v) is 6.46. The molecule has 0 aliphatic rings. The van der Waals surface area contributed by atoms with E-state index < -0.39 is 17.9 Å². The van der Waals surface area contributed by atoms with E-state index in [9.17, 15) is 14.4 Å². The third-order valence-corrected chi connectivity index (χ3v) is 2.80. The molecule has 0 radical (unpaired) electrons. The number of rotatable bonds is 6. The highest BCUT2D eigenvalue weighted by molar-refractivity contribution is 6.33. The summed E-state index contributed by atoms with van der Waals surface area (Å²) in [5.74, 6) is -1.05. The lowest BCUT2D eigenvalue weighted by Gasteiger charge is -2.09. The molecule has 0 fully saturated rings. The second-order valence-electron chi connectivity index (χ2n) is 4.10. The fourth-order valence-electron chi connectivity index (χ4n) is 1.47. The molecule has 0 saturated heterocycles. The van der Waals surface area contributed by atoms with Gasteiger partial charge in [0.15, 0.2) is 0 Å². The molecule has 1 rings (SSSR count). The van der Waals surface area contributed by atoms with Crippen molar-refractivity contribution in [2.45, 2.75) is 19.3 Å². The predicted octanol–water partition coefficient (Wildman–Crippen LogP) is 2.25. The SMILES string of the molecule is COc1ccc(Cl)c(NC(=O)NC(=O)CCCC(=O)O)c1. The fourth-order valence-corrected chi connectivity index (χ4v) is 1.63. The van der Waals surface area contributed by atoms with Gasteiger partial charge in [0.1, 0.15) is 5.75 Å². The number of urea groups is 1. The van der Waals surface area contributed by atoms with E-state index >= 15 is 0 Å². The van der Waals surface area contributed by atoms with Gasteiger partial charge in [0.25, 0.3) is 0 Å². The Morgan fingerprint density at radius 3 is 2.62 bits per heavy atom. The molecule has 21 heavy (non-hydrogen) atoms. The number of aliphatic carboxylic acids is 1. The molecule has 0 aliphatic heterocycles. The molecule has 0 unspecified atom stereocenters. The van der Waals surface area contributed by atoms with Crippen LogP contribution in [0, 0.1) is 0 Å². The first kappa shape index (κ1) is 16.8. The highest BCUT2D eigenvalue weighted by Gasteiger charge is 2.11. The summed E-state index contributed by atoms with van der Waals surface area (Å²) in [7, 11) is 1.47. The minimum absolute atomic E-state index is 0.0500. The van der Waals surface area contributed by atoms with E-state index in [0.717, 1.165) is 0 Å². The van der Waals surface area contributed by atoms with Crippen LogP contribution in [-0.2, 0) is 9.59 Å². The van der Waals surface area contributed by atoms with Crippen LogP contribution in [0.1, 0.15) is 19.3 Å². The number of halogens is 1. The summed E-state index contributed by atoms with van der Waals surface area (Å²) in [6.45, 7) is 0. The average molecular weight is 315 g/mol. The third-order valence-electron chi connectivity index (χ3n) is 2.47. The number of carbonyl (C=O) groups is 3. The topological polar surface area (TPSA) is 105 Å². The van der Waals surface area contributed by atoms with Crippen LogP contribution in [0.25, 0.3) is 0 Å². The van der Waals surface area contributed by atoms with E-state index in [1.807, 2.05) is 0 Å². The molecule has 1 aromatic carbocycles. The van der Waals surface area contributed by atoms with Gasteiger partial charge in [-0.2, -0.15) is 0 Å². The molecule has 0 atom stereocenters. The van der Waals surface area contributed by atoms with Gasteiger partial charge in [0, 0.05) is 18.9 Å². The molecule has 0 spiro atoms. The maximum Gasteiger partial charge on any atom is 0.325 e. The Kier molecular flexibility index (Phi) is 6.48. The molecule has 7 nitrogen and oxygen atoms in total. The largest absolute Gasteiger partial charge is 0.497 e. The Balaban J connectivity index is 2.50. The van der Waals surface area contributed by atoms with Crippen LogP contribution in [-0.4, -0.2) is 30.1 Å². The maximum absolute atomic E-state index is 11.6. The molecule has 3 N–H and O–H groups in total. The fraction of sp³-hybridized carbons (Fsp3) is 0.308. The van der Waals surface area contributed by atoms with E-state index in [2.05, 4.69) is 10.6 Å². The van der Waals surface area contributed by atoms with Crippen LogP contribution in [0.3, 0.4) is 0 Å². The minimum Gasteiger partial charge on any atom is -0.497 e. The molecule has 3 amide bonds. The summed E-state index contributed by atoms with van der Waals surface area (Å²) < 4.78 is 5.00. The highest BCUT2D eigenvalue weighted by Crippen LogP contribution is 2.26. The van der Waals surface area contributed by atoms with Crippen molar-refractivity contribution in [3.05, 3.63) is 23.2 Å². The first-order valence-electron chi connectivity index (χ1n) is 6.08.